The van der Waals surface area contributed by atoms with Gasteiger partial charge in [0.1, 0.15) is 5.69 Å². The topological polar surface area (TPSA) is 99.1 Å². The maximum Gasteiger partial charge on any atom is 0.268 e. The summed E-state index contributed by atoms with van der Waals surface area (Å²) in [5, 5.41) is 1.83. The molecule has 5 nitrogen and oxygen atoms in total. The Morgan fingerprint density at radius 2 is 2.00 bits per heavy atom. The number of hydrogen-bond donors (Lipinski definition) is 2. The summed E-state index contributed by atoms with van der Waals surface area (Å²) < 4.78 is 0. The number of thiazole rings is 1. The van der Waals surface area contributed by atoms with Crippen molar-refractivity contribution < 1.29 is 9.59 Å². The summed E-state index contributed by atoms with van der Waals surface area (Å²) in [5.74, 6) is -0.698. The smallest absolute Gasteiger partial charge is 0.268 e. The highest BCUT2D eigenvalue weighted by molar-refractivity contribution is 7.11. The molecule has 0 spiro atoms. The fourth-order valence-corrected chi connectivity index (χ4v) is 2.57. The second-order valence-corrected chi connectivity index (χ2v) is 5.21. The van der Waals surface area contributed by atoms with Gasteiger partial charge in [0, 0.05) is 18.3 Å². The van der Waals surface area contributed by atoms with Crippen molar-refractivity contribution in [1.29, 1.82) is 0 Å². The Morgan fingerprint density at radius 3 is 2.65 bits per heavy atom. The molecule has 0 saturated heterocycles. The van der Waals surface area contributed by atoms with Gasteiger partial charge in [-0.2, -0.15) is 0 Å². The van der Waals surface area contributed by atoms with Crippen molar-refractivity contribution in [2.24, 2.45) is 11.5 Å². The molecule has 0 fully saturated rings. The minimum absolute atomic E-state index is 0.0827. The normalized spacial score (nSPS) is 10.4. The molecule has 2 rings (SSSR count). The second kappa shape index (κ2) is 6.40. The summed E-state index contributed by atoms with van der Waals surface area (Å²) >= 11 is 1.15. The van der Waals surface area contributed by atoms with E-state index in [1.54, 1.807) is 0 Å². The number of benzene rings is 1. The Labute approximate surface area is 120 Å². The third-order valence-corrected chi connectivity index (χ3v) is 3.75. The number of carbonyl (C=O) groups excluding carboxylic acids is 2. The Hall–Kier alpha value is -2.05. The van der Waals surface area contributed by atoms with E-state index in [1.165, 1.54) is 5.38 Å². The Kier molecular flexibility index (Phi) is 4.60. The van der Waals surface area contributed by atoms with Crippen LogP contribution >= 0.6 is 11.3 Å². The molecule has 1 aromatic heterocycles. The summed E-state index contributed by atoms with van der Waals surface area (Å²) in [6.45, 7) is 0.482. The van der Waals surface area contributed by atoms with Crippen LogP contribution in [-0.2, 0) is 13.0 Å². The first-order chi connectivity index (χ1) is 9.60. The number of hydrogen-bond acceptors (Lipinski definition) is 5. The molecule has 1 heterocycles. The van der Waals surface area contributed by atoms with Crippen LogP contribution in [0.2, 0.25) is 0 Å². The summed E-state index contributed by atoms with van der Waals surface area (Å²) in [4.78, 5) is 26.8. The van der Waals surface area contributed by atoms with E-state index >= 15 is 0 Å². The van der Waals surface area contributed by atoms with Crippen LogP contribution in [0.5, 0.6) is 0 Å². The van der Waals surface area contributed by atoms with E-state index in [-0.39, 0.29) is 11.5 Å². The van der Waals surface area contributed by atoms with Crippen molar-refractivity contribution in [3.05, 3.63) is 51.5 Å². The van der Waals surface area contributed by atoms with Crippen molar-refractivity contribution in [2.75, 3.05) is 0 Å². The Morgan fingerprint density at radius 1 is 1.25 bits per heavy atom. The lowest BCUT2D eigenvalue weighted by atomic mass is 10.0. The molecular weight excluding hydrogens is 274 g/mol. The van der Waals surface area contributed by atoms with E-state index in [0.29, 0.717) is 24.4 Å². The number of nitrogens with zero attached hydrogens (tertiary/aromatic N) is 1. The quantitative estimate of drug-likeness (QED) is 0.787. The van der Waals surface area contributed by atoms with Crippen LogP contribution in [-0.4, -0.2) is 16.7 Å². The Balaban J connectivity index is 1.98. The van der Waals surface area contributed by atoms with Gasteiger partial charge in [0.15, 0.2) is 10.8 Å². The highest BCUT2D eigenvalue weighted by atomic mass is 32.1. The number of nitrogens with two attached hydrogens (primary N) is 2. The highest BCUT2D eigenvalue weighted by Gasteiger charge is 2.13. The number of amides is 1. The van der Waals surface area contributed by atoms with Gasteiger partial charge in [-0.1, -0.05) is 24.3 Å². The van der Waals surface area contributed by atoms with Gasteiger partial charge in [-0.3, -0.25) is 9.59 Å². The van der Waals surface area contributed by atoms with Gasteiger partial charge in [0.2, 0.25) is 0 Å². The molecule has 0 aliphatic carbocycles. The number of ketones is 1. The molecule has 4 N–H and O–H groups in total. The molecule has 0 radical (unpaired) electrons. The molecule has 1 amide bonds. The maximum atomic E-state index is 12.0. The average Bonchev–Trinajstić information content (AvgIpc) is 2.95. The second-order valence-electron chi connectivity index (χ2n) is 4.35. The first-order valence-corrected chi connectivity index (χ1v) is 7.04. The third kappa shape index (κ3) is 3.49. The van der Waals surface area contributed by atoms with Gasteiger partial charge in [-0.25, -0.2) is 4.98 Å². The molecule has 2 aromatic rings. The molecule has 0 bridgehead atoms. The highest BCUT2D eigenvalue weighted by Crippen LogP contribution is 2.14. The monoisotopic (exact) mass is 289 g/mol. The zero-order chi connectivity index (χ0) is 14.5. The fourth-order valence-electron chi connectivity index (χ4n) is 1.79. The number of carbonyl (C=O) groups is 2. The van der Waals surface area contributed by atoms with Crippen LogP contribution in [0.15, 0.2) is 29.6 Å². The van der Waals surface area contributed by atoms with Crippen molar-refractivity contribution >= 4 is 23.0 Å². The van der Waals surface area contributed by atoms with Gasteiger partial charge in [0.05, 0.1) is 0 Å². The number of aromatic nitrogens is 1. The van der Waals surface area contributed by atoms with Crippen LogP contribution in [0, 0.1) is 0 Å². The molecule has 0 aliphatic heterocycles. The lowest BCUT2D eigenvalue weighted by Gasteiger charge is -2.02. The van der Waals surface area contributed by atoms with E-state index in [0.717, 1.165) is 22.5 Å². The molecule has 0 aliphatic rings. The lowest BCUT2D eigenvalue weighted by Crippen LogP contribution is -2.12. The van der Waals surface area contributed by atoms with Crippen molar-refractivity contribution in [2.45, 2.75) is 19.4 Å². The summed E-state index contributed by atoms with van der Waals surface area (Å²) in [5.41, 5.74) is 12.9. The van der Waals surface area contributed by atoms with Gasteiger partial charge >= 0.3 is 0 Å². The van der Waals surface area contributed by atoms with Crippen molar-refractivity contribution in [3.63, 3.8) is 0 Å². The van der Waals surface area contributed by atoms with E-state index in [1.807, 2.05) is 24.3 Å². The summed E-state index contributed by atoms with van der Waals surface area (Å²) in [6, 6.07) is 7.83. The fraction of sp³-hybridized carbons (Fsp3) is 0.214. The molecule has 0 atom stereocenters. The van der Waals surface area contributed by atoms with Gasteiger partial charge in [-0.15, -0.1) is 11.3 Å². The van der Waals surface area contributed by atoms with Crippen LogP contribution < -0.4 is 11.5 Å². The Bertz CT molecular complexity index is 637. The van der Waals surface area contributed by atoms with Crippen LogP contribution in [0.4, 0.5) is 0 Å². The first-order valence-electron chi connectivity index (χ1n) is 6.16. The molecule has 104 valence electrons. The van der Waals surface area contributed by atoms with Crippen LogP contribution in [0.25, 0.3) is 0 Å². The predicted octanol–water partition coefficient (Wildman–Crippen LogP) is 1.52. The molecule has 1 aromatic carbocycles. The number of rotatable bonds is 6. The average molecular weight is 289 g/mol. The zero-order valence-corrected chi connectivity index (χ0v) is 11.7. The first kappa shape index (κ1) is 14.4. The molecule has 6 heteroatoms. The minimum atomic E-state index is -0.615. The van der Waals surface area contributed by atoms with E-state index in [2.05, 4.69) is 4.98 Å². The standard InChI is InChI=1S/C14H15N3O2S/c15-7-10-3-1-2-9(6-10)4-5-12(18)14-17-11(8-20-14)13(16)19/h1-3,6,8H,4-5,7,15H2,(H2,16,19). The summed E-state index contributed by atoms with van der Waals surface area (Å²) in [7, 11) is 0. The zero-order valence-electron chi connectivity index (χ0n) is 10.8. The third-order valence-electron chi connectivity index (χ3n) is 2.86. The molecule has 20 heavy (non-hydrogen) atoms. The van der Waals surface area contributed by atoms with Crippen molar-refractivity contribution in [1.82, 2.24) is 4.98 Å². The lowest BCUT2D eigenvalue weighted by molar-refractivity contribution is 0.0982. The molecule has 0 saturated carbocycles. The minimum Gasteiger partial charge on any atom is -0.364 e. The number of primary amides is 1. The van der Waals surface area contributed by atoms with Crippen molar-refractivity contribution in [3.8, 4) is 0 Å². The number of Topliss-reactive ketones (excluding diaryl/α,β-unsaturated/α-hetero) is 1. The van der Waals surface area contributed by atoms with E-state index < -0.39 is 5.91 Å². The predicted molar refractivity (Wildman–Crippen MR) is 77.6 cm³/mol. The largest absolute Gasteiger partial charge is 0.364 e. The van der Waals surface area contributed by atoms with E-state index in [9.17, 15) is 9.59 Å². The summed E-state index contributed by atoms with van der Waals surface area (Å²) in [6.07, 6.45) is 0.970. The molecular formula is C14H15N3O2S. The SMILES string of the molecule is NCc1cccc(CCC(=O)c2nc(C(N)=O)cs2)c1. The van der Waals surface area contributed by atoms with E-state index in [4.69, 9.17) is 11.5 Å². The van der Waals surface area contributed by atoms with Crippen LogP contribution in [0.1, 0.15) is 37.8 Å². The van der Waals surface area contributed by atoms with Gasteiger partial charge in [-0.05, 0) is 17.5 Å². The van der Waals surface area contributed by atoms with Gasteiger partial charge < -0.3 is 11.5 Å². The maximum absolute atomic E-state index is 12.0. The van der Waals surface area contributed by atoms with Gasteiger partial charge in [0.25, 0.3) is 5.91 Å². The van der Waals surface area contributed by atoms with Crippen LogP contribution in [0.3, 0.4) is 0 Å². The number of aryl methyl sites for hydroxylation is 1. The molecule has 0 unspecified atom stereocenters.